The van der Waals surface area contributed by atoms with E-state index >= 15 is 0 Å². The van der Waals surface area contributed by atoms with E-state index in [1.54, 1.807) is 0 Å². The predicted molar refractivity (Wildman–Crippen MR) is 49.2 cm³/mol. The van der Waals surface area contributed by atoms with E-state index in [-0.39, 0.29) is 0 Å². The molecule has 0 aromatic carbocycles. The minimum atomic E-state index is 0.441. The maximum atomic E-state index is 7.27. The van der Waals surface area contributed by atoms with Crippen molar-refractivity contribution in [2.75, 3.05) is 19.8 Å². The Morgan fingerprint density at radius 2 is 1.36 bits per heavy atom. The third-order valence-electron chi connectivity index (χ3n) is 1.47. The van der Waals surface area contributed by atoms with Crippen LogP contribution in [0.25, 0.3) is 0 Å². The monoisotopic (exact) mass is 157 g/mol. The standard InChI is InChI=1S/C9H21N2/c1-8(2)5-11(7-10)6-9(3)4/h8-10H,5-7H2,1-4H3. The molecule has 0 aliphatic carbocycles. The van der Waals surface area contributed by atoms with Crippen molar-refractivity contribution in [3.63, 3.8) is 0 Å². The van der Waals surface area contributed by atoms with E-state index in [9.17, 15) is 0 Å². The van der Waals surface area contributed by atoms with Crippen molar-refractivity contribution in [3.8, 4) is 0 Å². The van der Waals surface area contributed by atoms with E-state index in [4.69, 9.17) is 5.73 Å². The first-order chi connectivity index (χ1) is 5.06. The SMILES string of the molecule is CC(C)CN(C[NH])CC(C)C. The van der Waals surface area contributed by atoms with E-state index in [0.29, 0.717) is 18.5 Å². The first kappa shape index (κ1) is 10.9. The van der Waals surface area contributed by atoms with Crippen LogP contribution in [0, 0.1) is 11.8 Å². The molecular weight excluding hydrogens is 136 g/mol. The van der Waals surface area contributed by atoms with Gasteiger partial charge in [-0.3, -0.25) is 4.90 Å². The molecule has 0 amide bonds. The first-order valence-corrected chi connectivity index (χ1v) is 4.43. The van der Waals surface area contributed by atoms with Gasteiger partial charge in [0, 0.05) is 13.1 Å². The molecule has 0 aliphatic rings. The second-order valence-electron chi connectivity index (χ2n) is 3.98. The minimum absolute atomic E-state index is 0.441. The van der Waals surface area contributed by atoms with Gasteiger partial charge >= 0.3 is 0 Å². The largest absolute Gasteiger partial charge is 0.289 e. The highest BCUT2D eigenvalue weighted by Gasteiger charge is 2.06. The molecule has 0 aliphatic heterocycles. The average Bonchev–Trinajstić information content (AvgIpc) is 1.84. The summed E-state index contributed by atoms with van der Waals surface area (Å²) in [4.78, 5) is 2.19. The van der Waals surface area contributed by atoms with E-state index < -0.39 is 0 Å². The zero-order valence-electron chi connectivity index (χ0n) is 8.22. The molecule has 11 heavy (non-hydrogen) atoms. The molecule has 67 valence electrons. The number of hydrogen-bond donors (Lipinski definition) is 0. The van der Waals surface area contributed by atoms with Crippen LogP contribution in [0.5, 0.6) is 0 Å². The molecule has 2 heteroatoms. The number of nitrogens with one attached hydrogen (secondary N) is 1. The Morgan fingerprint density at radius 3 is 1.55 bits per heavy atom. The molecule has 0 heterocycles. The lowest BCUT2D eigenvalue weighted by molar-refractivity contribution is 0.222. The quantitative estimate of drug-likeness (QED) is 0.598. The molecule has 0 saturated heterocycles. The summed E-state index contributed by atoms with van der Waals surface area (Å²) >= 11 is 0. The molecule has 0 spiro atoms. The second-order valence-corrected chi connectivity index (χ2v) is 3.98. The third kappa shape index (κ3) is 6.32. The van der Waals surface area contributed by atoms with Crippen molar-refractivity contribution in [2.24, 2.45) is 11.8 Å². The molecule has 1 N–H and O–H groups in total. The predicted octanol–water partition coefficient (Wildman–Crippen LogP) is 1.84. The van der Waals surface area contributed by atoms with Gasteiger partial charge in [0.15, 0.2) is 0 Å². The molecule has 0 aromatic rings. The smallest absolute Gasteiger partial charge is 0.0615 e. The Kier molecular flexibility index (Phi) is 5.51. The van der Waals surface area contributed by atoms with Gasteiger partial charge in [0.1, 0.15) is 0 Å². The van der Waals surface area contributed by atoms with Crippen molar-refractivity contribution in [1.29, 1.82) is 0 Å². The summed E-state index contributed by atoms with van der Waals surface area (Å²) in [6, 6.07) is 0. The Labute approximate surface area is 70.8 Å². The van der Waals surface area contributed by atoms with Gasteiger partial charge in [-0.1, -0.05) is 27.7 Å². The van der Waals surface area contributed by atoms with Gasteiger partial charge in [-0.05, 0) is 11.8 Å². The molecule has 0 rings (SSSR count). The molecule has 0 unspecified atom stereocenters. The van der Waals surface area contributed by atoms with Gasteiger partial charge in [-0.25, -0.2) is 5.73 Å². The fourth-order valence-corrected chi connectivity index (χ4v) is 1.24. The van der Waals surface area contributed by atoms with E-state index in [0.717, 1.165) is 13.1 Å². The fourth-order valence-electron chi connectivity index (χ4n) is 1.24. The van der Waals surface area contributed by atoms with E-state index in [1.165, 1.54) is 0 Å². The highest BCUT2D eigenvalue weighted by molar-refractivity contribution is 4.59. The fraction of sp³-hybridized carbons (Fsp3) is 1.00. The molecule has 0 bridgehead atoms. The summed E-state index contributed by atoms with van der Waals surface area (Å²) in [6.07, 6.45) is 0. The van der Waals surface area contributed by atoms with Crippen molar-refractivity contribution in [1.82, 2.24) is 10.6 Å². The van der Waals surface area contributed by atoms with Crippen molar-refractivity contribution < 1.29 is 0 Å². The van der Waals surface area contributed by atoms with Crippen molar-refractivity contribution in [2.45, 2.75) is 27.7 Å². The molecule has 0 saturated carbocycles. The molecule has 2 nitrogen and oxygen atoms in total. The molecule has 0 aromatic heterocycles. The van der Waals surface area contributed by atoms with Crippen LogP contribution in [0.2, 0.25) is 0 Å². The van der Waals surface area contributed by atoms with Crippen LogP contribution < -0.4 is 5.73 Å². The maximum Gasteiger partial charge on any atom is 0.0615 e. The van der Waals surface area contributed by atoms with Gasteiger partial charge in [-0.15, -0.1) is 0 Å². The zero-order valence-corrected chi connectivity index (χ0v) is 8.22. The van der Waals surface area contributed by atoms with Crippen LogP contribution in [0.1, 0.15) is 27.7 Å². The Hall–Kier alpha value is -0.0800. The highest BCUT2D eigenvalue weighted by Crippen LogP contribution is 2.01. The summed E-state index contributed by atoms with van der Waals surface area (Å²) in [6.45, 7) is 11.3. The molecule has 1 radical (unpaired) electrons. The van der Waals surface area contributed by atoms with E-state index in [1.807, 2.05) is 0 Å². The van der Waals surface area contributed by atoms with Crippen LogP contribution >= 0.6 is 0 Å². The lowest BCUT2D eigenvalue weighted by atomic mass is 10.1. The lowest BCUT2D eigenvalue weighted by Gasteiger charge is -2.23. The highest BCUT2D eigenvalue weighted by atomic mass is 15.2. The zero-order chi connectivity index (χ0) is 8.85. The van der Waals surface area contributed by atoms with Crippen molar-refractivity contribution >= 4 is 0 Å². The Bertz CT molecular complexity index is 79.6. The van der Waals surface area contributed by atoms with Gasteiger partial charge in [-0.2, -0.15) is 0 Å². The molecule has 0 fully saturated rings. The summed E-state index contributed by atoms with van der Waals surface area (Å²) in [5.74, 6) is 1.36. The van der Waals surface area contributed by atoms with E-state index in [2.05, 4.69) is 32.6 Å². The van der Waals surface area contributed by atoms with Crippen molar-refractivity contribution in [3.05, 3.63) is 0 Å². The van der Waals surface area contributed by atoms with Gasteiger partial charge < -0.3 is 0 Å². The minimum Gasteiger partial charge on any atom is -0.289 e. The maximum absolute atomic E-state index is 7.27. The summed E-state index contributed by atoms with van der Waals surface area (Å²) in [5.41, 5.74) is 7.27. The Morgan fingerprint density at radius 1 is 1.00 bits per heavy atom. The van der Waals surface area contributed by atoms with Crippen LogP contribution in [0.4, 0.5) is 0 Å². The van der Waals surface area contributed by atoms with Crippen LogP contribution in [-0.2, 0) is 0 Å². The Balaban J connectivity index is 3.58. The van der Waals surface area contributed by atoms with Gasteiger partial charge in [0.2, 0.25) is 0 Å². The number of nitrogens with zero attached hydrogens (tertiary/aromatic N) is 1. The second kappa shape index (κ2) is 5.56. The van der Waals surface area contributed by atoms with Gasteiger partial charge in [0.25, 0.3) is 0 Å². The normalized spacial score (nSPS) is 12.0. The molecular formula is C9H21N2. The van der Waals surface area contributed by atoms with Crippen LogP contribution in [0.15, 0.2) is 0 Å². The summed E-state index contributed by atoms with van der Waals surface area (Å²) in [7, 11) is 0. The molecule has 0 atom stereocenters. The van der Waals surface area contributed by atoms with Crippen LogP contribution in [-0.4, -0.2) is 24.7 Å². The van der Waals surface area contributed by atoms with Crippen LogP contribution in [0.3, 0.4) is 0 Å². The topological polar surface area (TPSA) is 27.0 Å². The average molecular weight is 157 g/mol. The first-order valence-electron chi connectivity index (χ1n) is 4.43. The summed E-state index contributed by atoms with van der Waals surface area (Å²) in [5, 5.41) is 0. The lowest BCUT2D eigenvalue weighted by Crippen LogP contribution is -2.32. The summed E-state index contributed by atoms with van der Waals surface area (Å²) < 4.78 is 0. The van der Waals surface area contributed by atoms with Gasteiger partial charge in [0.05, 0.1) is 6.67 Å². The third-order valence-corrected chi connectivity index (χ3v) is 1.47. The number of rotatable bonds is 5. The number of hydrogen-bond acceptors (Lipinski definition) is 1.